The Morgan fingerprint density at radius 3 is 2.47 bits per heavy atom. The van der Waals surface area contributed by atoms with Gasteiger partial charge < -0.3 is 5.11 Å². The molecule has 2 aromatic carbocycles. The molecule has 19 heavy (non-hydrogen) atoms. The maximum absolute atomic E-state index is 13.1. The lowest BCUT2D eigenvalue weighted by molar-refractivity contribution is 0.157. The summed E-state index contributed by atoms with van der Waals surface area (Å²) in [5.41, 5.74) is 2.06. The number of hydrogen-bond donors (Lipinski definition) is 1. The van der Waals surface area contributed by atoms with Crippen LogP contribution in [-0.4, -0.2) is 11.2 Å². The van der Waals surface area contributed by atoms with Gasteiger partial charge in [-0.05, 0) is 42.0 Å². The topological polar surface area (TPSA) is 20.2 Å². The lowest BCUT2D eigenvalue weighted by Crippen LogP contribution is -2.14. The first kappa shape index (κ1) is 13.8. The molecular weight excluding hydrogens is 239 g/mol. The van der Waals surface area contributed by atoms with Gasteiger partial charge in [-0.3, -0.25) is 0 Å². The summed E-state index contributed by atoms with van der Waals surface area (Å²) in [6.45, 7) is 2.10. The summed E-state index contributed by atoms with van der Waals surface area (Å²) in [5.74, 6) is 0.0468. The molecule has 2 atom stereocenters. The van der Waals surface area contributed by atoms with Crippen LogP contribution < -0.4 is 0 Å². The first-order valence-electron chi connectivity index (χ1n) is 6.62. The Bertz CT molecular complexity index is 510. The molecule has 0 saturated carbocycles. The van der Waals surface area contributed by atoms with Gasteiger partial charge in [-0.1, -0.05) is 49.4 Å². The summed E-state index contributed by atoms with van der Waals surface area (Å²) >= 11 is 0. The molecule has 0 aliphatic heterocycles. The summed E-state index contributed by atoms with van der Waals surface area (Å²) < 4.78 is 13.1. The van der Waals surface area contributed by atoms with Crippen molar-refractivity contribution in [2.75, 3.05) is 0 Å². The summed E-state index contributed by atoms with van der Waals surface area (Å²) in [7, 11) is 0. The predicted octanol–water partition coefficient (Wildman–Crippen LogP) is 3.92. The largest absolute Gasteiger partial charge is 0.393 e. The van der Waals surface area contributed by atoms with Crippen LogP contribution in [0.3, 0.4) is 0 Å². The van der Waals surface area contributed by atoms with E-state index in [2.05, 4.69) is 19.1 Å². The van der Waals surface area contributed by atoms with Crippen molar-refractivity contribution in [3.05, 3.63) is 71.5 Å². The fourth-order valence-corrected chi connectivity index (χ4v) is 2.35. The fraction of sp³-hybridized carbons (Fsp3) is 0.294. The van der Waals surface area contributed by atoms with E-state index in [0.29, 0.717) is 18.8 Å². The smallest absolute Gasteiger partial charge is 0.123 e. The number of halogens is 1. The quantitative estimate of drug-likeness (QED) is 0.861. The highest BCUT2D eigenvalue weighted by atomic mass is 19.1. The zero-order valence-corrected chi connectivity index (χ0v) is 11.1. The third-order valence-corrected chi connectivity index (χ3v) is 3.35. The average molecular weight is 258 g/mol. The van der Waals surface area contributed by atoms with E-state index in [1.807, 2.05) is 24.3 Å². The molecule has 0 radical (unpaired) electrons. The van der Waals surface area contributed by atoms with Gasteiger partial charge in [-0.2, -0.15) is 0 Å². The molecule has 2 rings (SSSR count). The Morgan fingerprint density at radius 2 is 1.79 bits per heavy atom. The van der Waals surface area contributed by atoms with Crippen molar-refractivity contribution in [1.82, 2.24) is 0 Å². The van der Waals surface area contributed by atoms with E-state index in [1.165, 1.54) is 17.7 Å². The third-order valence-electron chi connectivity index (χ3n) is 3.35. The fourth-order valence-electron chi connectivity index (χ4n) is 2.35. The maximum atomic E-state index is 13.1. The van der Waals surface area contributed by atoms with Crippen molar-refractivity contribution < 1.29 is 9.50 Å². The van der Waals surface area contributed by atoms with Gasteiger partial charge in [-0.15, -0.1) is 0 Å². The van der Waals surface area contributed by atoms with Gasteiger partial charge in [0.15, 0.2) is 0 Å². The van der Waals surface area contributed by atoms with Gasteiger partial charge in [-0.25, -0.2) is 4.39 Å². The van der Waals surface area contributed by atoms with E-state index >= 15 is 0 Å². The highest BCUT2D eigenvalue weighted by Gasteiger charge is 2.12. The predicted molar refractivity (Wildman–Crippen MR) is 75.6 cm³/mol. The normalized spacial score (nSPS) is 14.1. The summed E-state index contributed by atoms with van der Waals surface area (Å²) in [5, 5.41) is 10.1. The van der Waals surface area contributed by atoms with Crippen molar-refractivity contribution in [2.24, 2.45) is 0 Å². The van der Waals surface area contributed by atoms with E-state index in [0.717, 1.165) is 5.56 Å². The van der Waals surface area contributed by atoms with Crippen molar-refractivity contribution in [3.8, 4) is 0 Å². The van der Waals surface area contributed by atoms with Crippen LogP contribution in [0, 0.1) is 5.82 Å². The van der Waals surface area contributed by atoms with Crippen LogP contribution in [0.25, 0.3) is 0 Å². The second-order valence-electron chi connectivity index (χ2n) is 5.04. The highest BCUT2D eigenvalue weighted by Crippen LogP contribution is 2.21. The Morgan fingerprint density at radius 1 is 1.05 bits per heavy atom. The molecule has 0 bridgehead atoms. The Hall–Kier alpha value is -1.67. The molecule has 0 spiro atoms. The minimum Gasteiger partial charge on any atom is -0.393 e. The summed E-state index contributed by atoms with van der Waals surface area (Å²) in [4.78, 5) is 0. The van der Waals surface area contributed by atoms with Crippen molar-refractivity contribution in [3.63, 3.8) is 0 Å². The van der Waals surface area contributed by atoms with E-state index in [-0.39, 0.29) is 5.82 Å². The van der Waals surface area contributed by atoms with Gasteiger partial charge in [0.2, 0.25) is 0 Å². The Balaban J connectivity index is 1.92. The first-order valence-corrected chi connectivity index (χ1v) is 6.62. The summed E-state index contributed by atoms with van der Waals surface area (Å²) in [6, 6.07) is 16.6. The molecule has 0 fully saturated rings. The molecule has 0 aromatic heterocycles. The number of aliphatic hydroxyl groups is 1. The van der Waals surface area contributed by atoms with E-state index < -0.39 is 6.10 Å². The van der Waals surface area contributed by atoms with Crippen LogP contribution in [0.1, 0.15) is 30.4 Å². The highest BCUT2D eigenvalue weighted by molar-refractivity contribution is 5.20. The second kappa shape index (κ2) is 6.48. The molecule has 100 valence electrons. The van der Waals surface area contributed by atoms with Gasteiger partial charge in [0, 0.05) is 0 Å². The van der Waals surface area contributed by atoms with Crippen LogP contribution >= 0.6 is 0 Å². The van der Waals surface area contributed by atoms with E-state index in [9.17, 15) is 9.50 Å². The zero-order valence-electron chi connectivity index (χ0n) is 11.1. The molecule has 1 N–H and O–H groups in total. The van der Waals surface area contributed by atoms with Crippen molar-refractivity contribution in [2.45, 2.75) is 31.8 Å². The van der Waals surface area contributed by atoms with Gasteiger partial charge >= 0.3 is 0 Å². The van der Waals surface area contributed by atoms with Crippen LogP contribution in [0.15, 0.2) is 54.6 Å². The monoisotopic (exact) mass is 258 g/mol. The second-order valence-corrected chi connectivity index (χ2v) is 5.04. The first-order chi connectivity index (χ1) is 9.15. The summed E-state index contributed by atoms with van der Waals surface area (Å²) in [6.07, 6.45) is 0.729. The molecule has 2 unspecified atom stereocenters. The molecular formula is C17H19FO. The molecule has 0 saturated heterocycles. The Labute approximate surface area is 113 Å². The number of benzene rings is 2. The molecule has 0 heterocycles. The van der Waals surface area contributed by atoms with Crippen LogP contribution in [0.5, 0.6) is 0 Å². The molecule has 2 aromatic rings. The minimum absolute atomic E-state index is 0.249. The molecule has 0 aliphatic carbocycles. The van der Waals surface area contributed by atoms with Crippen LogP contribution in [0.2, 0.25) is 0 Å². The molecule has 0 aliphatic rings. The lowest BCUT2D eigenvalue weighted by atomic mass is 9.92. The minimum atomic E-state index is -0.447. The average Bonchev–Trinajstić information content (AvgIpc) is 2.39. The maximum Gasteiger partial charge on any atom is 0.123 e. The standard InChI is InChI=1S/C17H19FO/c1-13(15-7-3-2-4-8-15)10-17(19)12-14-6-5-9-16(18)11-14/h2-9,11,13,17,19H,10,12H2,1H3. The van der Waals surface area contributed by atoms with Gasteiger partial charge in [0.25, 0.3) is 0 Å². The number of hydrogen-bond acceptors (Lipinski definition) is 1. The van der Waals surface area contributed by atoms with E-state index in [4.69, 9.17) is 0 Å². The number of rotatable bonds is 5. The number of aliphatic hydroxyl groups excluding tert-OH is 1. The third kappa shape index (κ3) is 4.18. The van der Waals surface area contributed by atoms with Crippen LogP contribution in [-0.2, 0) is 6.42 Å². The zero-order chi connectivity index (χ0) is 13.7. The van der Waals surface area contributed by atoms with E-state index in [1.54, 1.807) is 6.07 Å². The van der Waals surface area contributed by atoms with Gasteiger partial charge in [0.05, 0.1) is 6.10 Å². The van der Waals surface area contributed by atoms with Crippen LogP contribution in [0.4, 0.5) is 4.39 Å². The molecule has 0 amide bonds. The SMILES string of the molecule is CC(CC(O)Cc1cccc(F)c1)c1ccccc1. The van der Waals surface area contributed by atoms with Crippen molar-refractivity contribution >= 4 is 0 Å². The van der Waals surface area contributed by atoms with Gasteiger partial charge in [0.1, 0.15) is 5.82 Å². The molecule has 2 heteroatoms. The van der Waals surface area contributed by atoms with Crippen molar-refractivity contribution in [1.29, 1.82) is 0 Å². The molecule has 1 nitrogen and oxygen atoms in total. The Kier molecular flexibility index (Phi) is 4.69. The lowest BCUT2D eigenvalue weighted by Gasteiger charge is -2.17.